The first kappa shape index (κ1) is 11.2. The van der Waals surface area contributed by atoms with Gasteiger partial charge in [0.25, 0.3) is 0 Å². The van der Waals surface area contributed by atoms with Crippen molar-refractivity contribution < 1.29 is 14.0 Å². The fourth-order valence-electron chi connectivity index (χ4n) is 1.11. The second-order valence-electron chi connectivity index (χ2n) is 3.03. The van der Waals surface area contributed by atoms with E-state index in [0.29, 0.717) is 18.6 Å². The van der Waals surface area contributed by atoms with Gasteiger partial charge in [0.1, 0.15) is 0 Å². The van der Waals surface area contributed by atoms with Gasteiger partial charge in [-0.1, -0.05) is 12.2 Å². The number of carbonyl (C=O) groups excluding carboxylic acids is 2. The third kappa shape index (κ3) is 3.81. The molecule has 0 atom stereocenters. The highest BCUT2D eigenvalue weighted by atomic mass is 16.3. The maximum atomic E-state index is 10.5. The van der Waals surface area contributed by atoms with Crippen LogP contribution in [0.25, 0.3) is 6.08 Å². The molecule has 1 rings (SSSR count). The molecule has 0 unspecified atom stereocenters. The number of furan rings is 1. The Hall–Kier alpha value is -1.84. The van der Waals surface area contributed by atoms with Crippen molar-refractivity contribution in [1.82, 2.24) is 5.32 Å². The number of nitrogens with one attached hydrogen (secondary N) is 1. The molecule has 0 fully saturated rings. The molecule has 4 heteroatoms. The highest BCUT2D eigenvalue weighted by molar-refractivity contribution is 5.78. The predicted octanol–water partition coefficient (Wildman–Crippen LogP) is 1.63. The van der Waals surface area contributed by atoms with Crippen LogP contribution in [0.2, 0.25) is 0 Å². The molecule has 1 aromatic rings. The van der Waals surface area contributed by atoms with Crippen LogP contribution >= 0.6 is 0 Å². The Balaban J connectivity index is 2.38. The molecule has 15 heavy (non-hydrogen) atoms. The number of hydrogen-bond donors (Lipinski definition) is 1. The lowest BCUT2D eigenvalue weighted by molar-refractivity contribution is -0.118. The molecule has 80 valence electrons. The van der Waals surface area contributed by atoms with Crippen LogP contribution in [0.4, 0.5) is 0 Å². The van der Waals surface area contributed by atoms with E-state index in [-0.39, 0.29) is 5.91 Å². The monoisotopic (exact) mass is 207 g/mol. The fourth-order valence-corrected chi connectivity index (χ4v) is 1.11. The van der Waals surface area contributed by atoms with E-state index < -0.39 is 0 Å². The highest BCUT2D eigenvalue weighted by Crippen LogP contribution is 2.09. The van der Waals surface area contributed by atoms with Gasteiger partial charge < -0.3 is 9.73 Å². The van der Waals surface area contributed by atoms with E-state index in [1.807, 2.05) is 6.08 Å². The Morgan fingerprint density at radius 3 is 3.07 bits per heavy atom. The number of carbonyl (C=O) groups is 2. The van der Waals surface area contributed by atoms with Crippen LogP contribution in [0.15, 0.2) is 22.8 Å². The lowest BCUT2D eigenvalue weighted by atomic mass is 10.2. The van der Waals surface area contributed by atoms with Gasteiger partial charge in [0.15, 0.2) is 12.0 Å². The van der Waals surface area contributed by atoms with Crippen LogP contribution in [-0.2, 0) is 4.79 Å². The second-order valence-corrected chi connectivity index (χ2v) is 3.03. The quantitative estimate of drug-likeness (QED) is 0.589. The summed E-state index contributed by atoms with van der Waals surface area (Å²) in [5, 5.41) is 2.67. The number of aldehydes is 1. The first-order valence-corrected chi connectivity index (χ1v) is 4.67. The molecule has 0 spiro atoms. The lowest BCUT2D eigenvalue weighted by Gasteiger charge is -1.96. The molecule has 1 amide bonds. The van der Waals surface area contributed by atoms with E-state index in [1.54, 1.807) is 12.1 Å². The Morgan fingerprint density at radius 2 is 2.40 bits per heavy atom. The average Bonchev–Trinajstić information content (AvgIpc) is 2.64. The van der Waals surface area contributed by atoms with Gasteiger partial charge in [-0.2, -0.15) is 0 Å². The highest BCUT2D eigenvalue weighted by Gasteiger charge is 1.99. The first-order chi connectivity index (χ1) is 7.24. The predicted molar refractivity (Wildman–Crippen MR) is 56.4 cm³/mol. The summed E-state index contributed by atoms with van der Waals surface area (Å²) in [5.74, 6) is 0.283. The van der Waals surface area contributed by atoms with Gasteiger partial charge >= 0.3 is 0 Å². The summed E-state index contributed by atoms with van der Waals surface area (Å²) in [6.45, 7) is 2.07. The molecular weight excluding hydrogens is 194 g/mol. The molecule has 0 saturated carbocycles. The van der Waals surface area contributed by atoms with Crippen LogP contribution in [0, 0.1) is 0 Å². The topological polar surface area (TPSA) is 59.3 Å². The third-order valence-electron chi connectivity index (χ3n) is 1.82. The van der Waals surface area contributed by atoms with E-state index >= 15 is 0 Å². The normalized spacial score (nSPS) is 10.5. The van der Waals surface area contributed by atoms with Crippen molar-refractivity contribution in [2.24, 2.45) is 0 Å². The lowest BCUT2D eigenvalue weighted by Crippen LogP contribution is -2.20. The molecule has 0 aliphatic rings. The molecule has 0 saturated heterocycles. The molecule has 0 radical (unpaired) electrons. The summed E-state index contributed by atoms with van der Waals surface area (Å²) in [6, 6.07) is 1.72. The van der Waals surface area contributed by atoms with Gasteiger partial charge in [-0.05, 0) is 12.5 Å². The van der Waals surface area contributed by atoms with Crippen LogP contribution in [0.1, 0.15) is 29.5 Å². The van der Waals surface area contributed by atoms with Crippen LogP contribution in [0.3, 0.4) is 0 Å². The van der Waals surface area contributed by atoms with Crippen LogP contribution in [0.5, 0.6) is 0 Å². The van der Waals surface area contributed by atoms with E-state index in [1.165, 1.54) is 13.2 Å². The summed E-state index contributed by atoms with van der Waals surface area (Å²) < 4.78 is 4.92. The minimum Gasteiger partial charge on any atom is -0.461 e. The molecular formula is C11H13NO3. The van der Waals surface area contributed by atoms with E-state index in [2.05, 4.69) is 5.32 Å². The zero-order chi connectivity index (χ0) is 11.1. The van der Waals surface area contributed by atoms with Crippen molar-refractivity contribution in [3.8, 4) is 0 Å². The summed E-state index contributed by atoms with van der Waals surface area (Å²) >= 11 is 0. The van der Waals surface area contributed by atoms with Crippen LogP contribution < -0.4 is 5.32 Å². The standard InChI is InChI=1S/C11H13NO3/c1-9(14)12-6-3-2-4-10-5-7-15-11(10)8-13/h2,4-5,7-8H,3,6H2,1H3,(H,12,14). The van der Waals surface area contributed by atoms with Gasteiger partial charge in [-0.15, -0.1) is 0 Å². The van der Waals surface area contributed by atoms with Gasteiger partial charge in [0, 0.05) is 19.0 Å². The zero-order valence-corrected chi connectivity index (χ0v) is 8.53. The van der Waals surface area contributed by atoms with Crippen molar-refractivity contribution in [3.63, 3.8) is 0 Å². The maximum Gasteiger partial charge on any atom is 0.216 e. The molecule has 1 N–H and O–H groups in total. The van der Waals surface area contributed by atoms with Crippen molar-refractivity contribution in [3.05, 3.63) is 29.7 Å². The molecule has 4 nitrogen and oxygen atoms in total. The van der Waals surface area contributed by atoms with E-state index in [9.17, 15) is 9.59 Å². The zero-order valence-electron chi connectivity index (χ0n) is 8.53. The van der Waals surface area contributed by atoms with Crippen molar-refractivity contribution >= 4 is 18.3 Å². The Labute approximate surface area is 88.0 Å². The van der Waals surface area contributed by atoms with Gasteiger partial charge in [-0.25, -0.2) is 0 Å². The van der Waals surface area contributed by atoms with Crippen molar-refractivity contribution in [2.75, 3.05) is 6.54 Å². The number of hydrogen-bond acceptors (Lipinski definition) is 3. The molecule has 0 bridgehead atoms. The van der Waals surface area contributed by atoms with E-state index in [0.717, 1.165) is 12.0 Å². The summed E-state index contributed by atoms with van der Waals surface area (Å²) in [5.41, 5.74) is 0.757. The average molecular weight is 207 g/mol. The summed E-state index contributed by atoms with van der Waals surface area (Å²) in [4.78, 5) is 21.0. The maximum absolute atomic E-state index is 10.5. The number of rotatable bonds is 5. The smallest absolute Gasteiger partial charge is 0.216 e. The van der Waals surface area contributed by atoms with Gasteiger partial charge in [-0.3, -0.25) is 9.59 Å². The Bertz CT molecular complexity index is 366. The van der Waals surface area contributed by atoms with Crippen LogP contribution in [-0.4, -0.2) is 18.7 Å². The Kier molecular flexibility index (Phi) is 4.34. The summed E-state index contributed by atoms with van der Waals surface area (Å²) in [7, 11) is 0. The fraction of sp³-hybridized carbons (Fsp3) is 0.273. The molecule has 0 aliphatic carbocycles. The third-order valence-corrected chi connectivity index (χ3v) is 1.82. The van der Waals surface area contributed by atoms with Gasteiger partial charge in [0.2, 0.25) is 5.91 Å². The minimum absolute atomic E-state index is 0.0414. The SMILES string of the molecule is CC(=O)NCCC=Cc1ccoc1C=O. The molecule has 0 aliphatic heterocycles. The van der Waals surface area contributed by atoms with Crippen molar-refractivity contribution in [2.45, 2.75) is 13.3 Å². The molecule has 1 aromatic heterocycles. The molecule has 0 aromatic carbocycles. The van der Waals surface area contributed by atoms with Crippen molar-refractivity contribution in [1.29, 1.82) is 0 Å². The van der Waals surface area contributed by atoms with E-state index in [4.69, 9.17) is 4.42 Å². The largest absolute Gasteiger partial charge is 0.461 e. The number of amides is 1. The molecule has 1 heterocycles. The first-order valence-electron chi connectivity index (χ1n) is 4.67. The summed E-state index contributed by atoms with van der Waals surface area (Å²) in [6.07, 6.45) is 6.55. The van der Waals surface area contributed by atoms with Gasteiger partial charge in [0.05, 0.1) is 6.26 Å². The Morgan fingerprint density at radius 1 is 1.60 bits per heavy atom. The minimum atomic E-state index is -0.0414. The second kappa shape index (κ2) is 5.80.